The molecule has 0 amide bonds. The fraction of sp³-hybridized carbons (Fsp3) is 0.444. The van der Waals surface area contributed by atoms with Crippen LogP contribution < -0.4 is 58.2 Å². The van der Waals surface area contributed by atoms with Crippen molar-refractivity contribution in [3.05, 3.63) is 17.8 Å². The van der Waals surface area contributed by atoms with Gasteiger partial charge in [-0.15, -0.1) is 12.4 Å². The molecule has 0 N–H and O–H groups in total. The third-order valence-corrected chi connectivity index (χ3v) is 1.49. The van der Waals surface area contributed by atoms with Crippen molar-refractivity contribution in [3.63, 3.8) is 0 Å². The topological polar surface area (TPSA) is 24.7 Å². The van der Waals surface area contributed by atoms with E-state index in [0.29, 0.717) is 5.92 Å². The maximum atomic E-state index is 4.28. The molecule has 0 atom stereocenters. The summed E-state index contributed by atoms with van der Waals surface area (Å²) in [5.74, 6) is 1.55. The van der Waals surface area contributed by atoms with Crippen molar-refractivity contribution >= 4 is 12.4 Å². The Bertz CT molecular complexity index is 217. The SMILES string of the molecule is C[C-]1C=NC=C(C(C)C)N=C1.[Rb+]. The van der Waals surface area contributed by atoms with E-state index in [1.165, 1.54) is 0 Å². The Kier molecular flexibility index (Phi) is 6.64. The van der Waals surface area contributed by atoms with Gasteiger partial charge in [0.15, 0.2) is 0 Å². The van der Waals surface area contributed by atoms with Gasteiger partial charge in [0.05, 0.1) is 5.70 Å². The predicted molar refractivity (Wildman–Crippen MR) is 48.8 cm³/mol. The number of hydrogen-bond donors (Lipinski definition) is 0. The van der Waals surface area contributed by atoms with Gasteiger partial charge in [0.25, 0.3) is 0 Å². The molecule has 0 saturated carbocycles. The molecule has 0 aromatic carbocycles. The number of allylic oxidation sites excluding steroid dienone is 1. The minimum atomic E-state index is 0. The third kappa shape index (κ3) is 4.12. The fourth-order valence-corrected chi connectivity index (χ4v) is 0.772. The van der Waals surface area contributed by atoms with Crippen LogP contribution in [0.5, 0.6) is 0 Å². The van der Waals surface area contributed by atoms with Crippen molar-refractivity contribution < 1.29 is 58.2 Å². The van der Waals surface area contributed by atoms with Crippen LogP contribution in [0.15, 0.2) is 21.9 Å². The molecule has 0 aliphatic carbocycles. The second-order valence-electron chi connectivity index (χ2n) is 2.99. The minimum Gasteiger partial charge on any atom is -0.300 e. The van der Waals surface area contributed by atoms with Gasteiger partial charge >= 0.3 is 58.2 Å². The predicted octanol–water partition coefficient (Wildman–Crippen LogP) is -0.763. The summed E-state index contributed by atoms with van der Waals surface area (Å²) < 4.78 is 0. The second kappa shape index (κ2) is 6.25. The normalized spacial score (nSPS) is 15.7. The molecule has 0 saturated heterocycles. The van der Waals surface area contributed by atoms with Crippen molar-refractivity contribution in [2.24, 2.45) is 15.9 Å². The summed E-state index contributed by atoms with van der Waals surface area (Å²) in [7, 11) is 0. The van der Waals surface area contributed by atoms with Crippen LogP contribution in [0.4, 0.5) is 0 Å². The van der Waals surface area contributed by atoms with Crippen LogP contribution in [-0.4, -0.2) is 12.4 Å². The van der Waals surface area contributed by atoms with Crippen LogP contribution >= 0.6 is 0 Å². The monoisotopic (exact) mass is 234 g/mol. The largest absolute Gasteiger partial charge is 1.00 e. The van der Waals surface area contributed by atoms with E-state index >= 15 is 0 Å². The molecule has 2 nitrogen and oxygen atoms in total. The average Bonchev–Trinajstić information content (AvgIpc) is 2.13. The molecule has 1 aliphatic rings. The molecular weight excluding hydrogens is 222 g/mol. The zero-order chi connectivity index (χ0) is 8.27. The number of rotatable bonds is 1. The Morgan fingerprint density at radius 3 is 2.58 bits per heavy atom. The quantitative estimate of drug-likeness (QED) is 0.533. The first-order chi connectivity index (χ1) is 5.20. The van der Waals surface area contributed by atoms with Crippen molar-refractivity contribution in [1.82, 2.24) is 0 Å². The summed E-state index contributed by atoms with van der Waals surface area (Å²) in [5.41, 5.74) is 1.04. The Morgan fingerprint density at radius 1 is 1.33 bits per heavy atom. The van der Waals surface area contributed by atoms with E-state index in [2.05, 4.69) is 23.8 Å². The summed E-state index contributed by atoms with van der Waals surface area (Å²) in [5, 5.41) is 0. The summed E-state index contributed by atoms with van der Waals surface area (Å²) in [6, 6.07) is 0. The van der Waals surface area contributed by atoms with Gasteiger partial charge in [-0.25, -0.2) is 0 Å². The molecule has 12 heavy (non-hydrogen) atoms. The number of hydrogen-bond acceptors (Lipinski definition) is 2. The molecule has 0 radical (unpaired) electrons. The van der Waals surface area contributed by atoms with Crippen LogP contribution in [0.2, 0.25) is 0 Å². The minimum absolute atomic E-state index is 0. The molecule has 3 heteroatoms. The van der Waals surface area contributed by atoms with Crippen LogP contribution in [0, 0.1) is 11.8 Å². The first-order valence-electron chi connectivity index (χ1n) is 3.81. The van der Waals surface area contributed by atoms with Gasteiger partial charge in [0.1, 0.15) is 0 Å². The standard InChI is InChI=1S/C9H13N2.Rb/c1-7(2)9-6-10-4-8(3)5-11-9;/h4-7H,1-3H3;/q-1;+1. The number of aliphatic imine (C=N–C) groups is 2. The molecule has 1 heterocycles. The molecular formula is C9H13N2Rb. The van der Waals surface area contributed by atoms with E-state index in [-0.39, 0.29) is 58.2 Å². The molecule has 60 valence electrons. The van der Waals surface area contributed by atoms with Gasteiger partial charge in [0, 0.05) is 6.20 Å². The zero-order valence-electron chi connectivity index (χ0n) is 8.20. The molecule has 0 fully saturated rings. The van der Waals surface area contributed by atoms with E-state index in [1.807, 2.05) is 25.6 Å². The molecule has 0 unspecified atom stereocenters. The number of nitrogens with zero attached hydrogens (tertiary/aromatic N) is 2. The van der Waals surface area contributed by atoms with Crippen LogP contribution in [0.1, 0.15) is 20.8 Å². The van der Waals surface area contributed by atoms with E-state index in [0.717, 1.165) is 11.6 Å². The second-order valence-corrected chi connectivity index (χ2v) is 2.99. The molecule has 0 aromatic heterocycles. The van der Waals surface area contributed by atoms with Crippen LogP contribution in [0.25, 0.3) is 0 Å². The van der Waals surface area contributed by atoms with Gasteiger partial charge in [0.2, 0.25) is 0 Å². The van der Waals surface area contributed by atoms with Crippen molar-refractivity contribution in [1.29, 1.82) is 0 Å². The van der Waals surface area contributed by atoms with E-state index in [4.69, 9.17) is 0 Å². The van der Waals surface area contributed by atoms with Crippen molar-refractivity contribution in [3.8, 4) is 0 Å². The van der Waals surface area contributed by atoms with Gasteiger partial charge < -0.3 is 5.92 Å². The smallest absolute Gasteiger partial charge is 0.300 e. The third-order valence-electron chi connectivity index (χ3n) is 1.49. The van der Waals surface area contributed by atoms with Crippen LogP contribution in [0.3, 0.4) is 0 Å². The van der Waals surface area contributed by atoms with Gasteiger partial charge in [-0.05, 0) is 5.92 Å². The van der Waals surface area contributed by atoms with Crippen LogP contribution in [-0.2, 0) is 0 Å². The first-order valence-corrected chi connectivity index (χ1v) is 3.81. The zero-order valence-corrected chi connectivity index (χ0v) is 13.1. The molecule has 0 spiro atoms. The van der Waals surface area contributed by atoms with E-state index < -0.39 is 0 Å². The molecule has 1 aliphatic heterocycles. The van der Waals surface area contributed by atoms with Gasteiger partial charge in [-0.3, -0.25) is 9.98 Å². The van der Waals surface area contributed by atoms with Gasteiger partial charge in [-0.1, -0.05) is 13.8 Å². The van der Waals surface area contributed by atoms with Gasteiger partial charge in [-0.2, -0.15) is 6.92 Å². The summed E-state index contributed by atoms with van der Waals surface area (Å²) >= 11 is 0. The Hall–Kier alpha value is 0.755. The van der Waals surface area contributed by atoms with Crippen molar-refractivity contribution in [2.45, 2.75) is 20.8 Å². The van der Waals surface area contributed by atoms with Crippen molar-refractivity contribution in [2.75, 3.05) is 0 Å². The first kappa shape index (κ1) is 12.8. The average molecular weight is 235 g/mol. The van der Waals surface area contributed by atoms with E-state index in [9.17, 15) is 0 Å². The molecule has 0 bridgehead atoms. The molecule has 1 rings (SSSR count). The Labute approximate surface area is 123 Å². The summed E-state index contributed by atoms with van der Waals surface area (Å²) in [6.45, 7) is 6.21. The maximum absolute atomic E-state index is 4.28. The Morgan fingerprint density at radius 2 is 2.00 bits per heavy atom. The Balaban J connectivity index is 0.00000121. The fourth-order valence-electron chi connectivity index (χ4n) is 0.772. The molecule has 0 aromatic rings. The van der Waals surface area contributed by atoms with E-state index in [1.54, 1.807) is 0 Å². The summed E-state index contributed by atoms with van der Waals surface area (Å²) in [6.07, 6.45) is 5.48. The maximum Gasteiger partial charge on any atom is 1.00 e. The summed E-state index contributed by atoms with van der Waals surface area (Å²) in [4.78, 5) is 8.38.